The van der Waals surface area contributed by atoms with Crippen LogP contribution in [0.15, 0.2) is 41.8 Å². The second-order valence-corrected chi connectivity index (χ2v) is 8.40. The minimum Gasteiger partial charge on any atom is -0.371 e. The lowest BCUT2D eigenvalue weighted by Crippen LogP contribution is -2.45. The standard InChI is InChI=1S/C22H29N3O2S/c1-3-16(2)15-23-21(26)18-7-4-5-8-19(18)25-12-10-17(11-13-25)24-22(27)20-9-6-14-28-20/h4-9,14,16-17H,3,10-13,15H2,1-2H3,(H,23,26)(H,24,27). The SMILES string of the molecule is CCC(C)CNC(=O)c1ccccc1N1CCC(NC(=O)c2cccs2)CC1. The number of rotatable bonds is 7. The molecule has 1 atom stereocenters. The molecule has 1 fully saturated rings. The molecule has 6 heteroatoms. The van der Waals surface area contributed by atoms with E-state index < -0.39 is 0 Å². The van der Waals surface area contributed by atoms with Crippen LogP contribution in [0.3, 0.4) is 0 Å². The number of anilines is 1. The lowest BCUT2D eigenvalue weighted by Gasteiger charge is -2.34. The van der Waals surface area contributed by atoms with E-state index in [2.05, 4.69) is 29.4 Å². The minimum atomic E-state index is -0.0102. The smallest absolute Gasteiger partial charge is 0.261 e. The van der Waals surface area contributed by atoms with Gasteiger partial charge < -0.3 is 15.5 Å². The molecular weight excluding hydrogens is 370 g/mol. The van der Waals surface area contributed by atoms with Gasteiger partial charge in [-0.2, -0.15) is 0 Å². The first-order valence-electron chi connectivity index (χ1n) is 10.0. The zero-order chi connectivity index (χ0) is 19.9. The molecule has 3 rings (SSSR count). The number of piperidine rings is 1. The molecule has 2 amide bonds. The number of nitrogens with one attached hydrogen (secondary N) is 2. The molecule has 0 radical (unpaired) electrons. The van der Waals surface area contributed by atoms with Crippen molar-refractivity contribution in [2.75, 3.05) is 24.5 Å². The maximum absolute atomic E-state index is 12.7. The Morgan fingerprint density at radius 2 is 1.89 bits per heavy atom. The van der Waals surface area contributed by atoms with Crippen molar-refractivity contribution >= 4 is 28.8 Å². The van der Waals surface area contributed by atoms with Crippen LogP contribution in [0.25, 0.3) is 0 Å². The summed E-state index contributed by atoms with van der Waals surface area (Å²) in [6, 6.07) is 11.7. The molecule has 2 N–H and O–H groups in total. The highest BCUT2D eigenvalue weighted by molar-refractivity contribution is 7.12. The van der Waals surface area contributed by atoms with Crippen molar-refractivity contribution in [2.45, 2.75) is 39.2 Å². The Bertz CT molecular complexity index is 783. The van der Waals surface area contributed by atoms with Crippen molar-refractivity contribution in [3.63, 3.8) is 0 Å². The number of carbonyl (C=O) groups is 2. The lowest BCUT2D eigenvalue weighted by molar-refractivity contribution is 0.0933. The Hall–Kier alpha value is -2.34. The third kappa shape index (κ3) is 5.13. The molecule has 0 bridgehead atoms. The number of amides is 2. The number of carbonyl (C=O) groups excluding carboxylic acids is 2. The van der Waals surface area contributed by atoms with Crippen LogP contribution >= 0.6 is 11.3 Å². The average molecular weight is 400 g/mol. The van der Waals surface area contributed by atoms with Crippen molar-refractivity contribution in [3.05, 3.63) is 52.2 Å². The largest absolute Gasteiger partial charge is 0.371 e. The summed E-state index contributed by atoms with van der Waals surface area (Å²) in [6.45, 7) is 6.62. The molecule has 5 nitrogen and oxygen atoms in total. The zero-order valence-corrected chi connectivity index (χ0v) is 17.4. The zero-order valence-electron chi connectivity index (χ0n) is 16.6. The molecule has 0 aliphatic carbocycles. The van der Waals surface area contributed by atoms with Gasteiger partial charge in [0, 0.05) is 31.4 Å². The fourth-order valence-corrected chi connectivity index (χ4v) is 4.00. The summed E-state index contributed by atoms with van der Waals surface area (Å²) in [4.78, 5) is 27.9. The van der Waals surface area contributed by atoms with Crippen molar-refractivity contribution in [1.82, 2.24) is 10.6 Å². The summed E-state index contributed by atoms with van der Waals surface area (Å²) in [5.41, 5.74) is 1.71. The van der Waals surface area contributed by atoms with Crippen molar-refractivity contribution < 1.29 is 9.59 Å². The molecule has 2 heterocycles. The Kier molecular flexibility index (Phi) is 7.09. The van der Waals surface area contributed by atoms with Gasteiger partial charge in [-0.05, 0) is 42.3 Å². The molecule has 28 heavy (non-hydrogen) atoms. The van der Waals surface area contributed by atoms with Gasteiger partial charge in [-0.25, -0.2) is 0 Å². The van der Waals surface area contributed by atoms with Crippen molar-refractivity contribution in [2.24, 2.45) is 5.92 Å². The average Bonchev–Trinajstić information content (AvgIpc) is 3.27. The van der Waals surface area contributed by atoms with Crippen LogP contribution in [-0.2, 0) is 0 Å². The van der Waals surface area contributed by atoms with Crippen molar-refractivity contribution in [3.8, 4) is 0 Å². The van der Waals surface area contributed by atoms with E-state index in [1.807, 2.05) is 41.8 Å². The number of thiophene rings is 1. The monoisotopic (exact) mass is 399 g/mol. The summed E-state index contributed by atoms with van der Waals surface area (Å²) in [6.07, 6.45) is 2.80. The number of benzene rings is 1. The van der Waals surface area contributed by atoms with Crippen LogP contribution < -0.4 is 15.5 Å². The quantitative estimate of drug-likeness (QED) is 0.742. The Balaban J connectivity index is 1.58. The van der Waals surface area contributed by atoms with Crippen LogP contribution in [0.4, 0.5) is 5.69 Å². The Morgan fingerprint density at radius 1 is 1.14 bits per heavy atom. The number of nitrogens with zero attached hydrogens (tertiary/aromatic N) is 1. The topological polar surface area (TPSA) is 61.4 Å². The Labute approximate surface area is 171 Å². The molecule has 1 saturated heterocycles. The van der Waals surface area contributed by atoms with E-state index in [0.29, 0.717) is 12.5 Å². The van der Waals surface area contributed by atoms with Gasteiger partial charge >= 0.3 is 0 Å². The van der Waals surface area contributed by atoms with Gasteiger partial charge in [-0.3, -0.25) is 9.59 Å². The number of hydrogen-bond acceptors (Lipinski definition) is 4. The van der Waals surface area contributed by atoms with Crippen LogP contribution in [0.1, 0.15) is 53.1 Å². The first-order chi connectivity index (χ1) is 13.6. The highest BCUT2D eigenvalue weighted by Crippen LogP contribution is 2.24. The van der Waals surface area contributed by atoms with Gasteiger partial charge in [-0.1, -0.05) is 38.5 Å². The van der Waals surface area contributed by atoms with E-state index in [9.17, 15) is 9.59 Å². The summed E-state index contributed by atoms with van der Waals surface area (Å²) in [7, 11) is 0. The Morgan fingerprint density at radius 3 is 2.57 bits per heavy atom. The summed E-state index contributed by atoms with van der Waals surface area (Å²) < 4.78 is 0. The molecule has 150 valence electrons. The third-order valence-corrected chi connectivity index (χ3v) is 6.24. The fourth-order valence-electron chi connectivity index (χ4n) is 3.38. The fraction of sp³-hybridized carbons (Fsp3) is 0.455. The molecule has 1 aromatic carbocycles. The van der Waals surface area contributed by atoms with Gasteiger partial charge in [0.15, 0.2) is 0 Å². The minimum absolute atomic E-state index is 0.0102. The predicted octanol–water partition coefficient (Wildman–Crippen LogP) is 3.92. The normalized spacial score (nSPS) is 15.9. The van der Waals surface area contributed by atoms with Crippen molar-refractivity contribution in [1.29, 1.82) is 0 Å². The molecule has 0 spiro atoms. The second-order valence-electron chi connectivity index (χ2n) is 7.45. The summed E-state index contributed by atoms with van der Waals surface area (Å²) >= 11 is 1.46. The van der Waals surface area contributed by atoms with Gasteiger partial charge in [0.1, 0.15) is 0 Å². The molecule has 2 aromatic rings. The summed E-state index contributed by atoms with van der Waals surface area (Å²) in [5, 5.41) is 8.11. The van der Waals surface area contributed by atoms with Gasteiger partial charge in [0.2, 0.25) is 0 Å². The van der Waals surface area contributed by atoms with Crippen LogP contribution in [0, 0.1) is 5.92 Å². The van der Waals surface area contributed by atoms with E-state index in [1.54, 1.807) is 0 Å². The van der Waals surface area contributed by atoms with Crippen LogP contribution in [0.2, 0.25) is 0 Å². The van der Waals surface area contributed by atoms with Crippen LogP contribution in [-0.4, -0.2) is 37.5 Å². The molecule has 1 unspecified atom stereocenters. The highest BCUT2D eigenvalue weighted by atomic mass is 32.1. The molecule has 1 aliphatic rings. The lowest BCUT2D eigenvalue weighted by atomic mass is 10.0. The molecular formula is C22H29N3O2S. The maximum Gasteiger partial charge on any atom is 0.261 e. The number of para-hydroxylation sites is 1. The van der Waals surface area contributed by atoms with Gasteiger partial charge in [0.05, 0.1) is 10.4 Å². The maximum atomic E-state index is 12.7. The molecule has 1 aliphatic heterocycles. The second kappa shape index (κ2) is 9.73. The van der Waals surface area contributed by atoms with Gasteiger partial charge in [-0.15, -0.1) is 11.3 Å². The van der Waals surface area contributed by atoms with E-state index >= 15 is 0 Å². The predicted molar refractivity (Wildman–Crippen MR) is 115 cm³/mol. The first kappa shape index (κ1) is 20.4. The van der Waals surface area contributed by atoms with Crippen LogP contribution in [0.5, 0.6) is 0 Å². The first-order valence-corrected chi connectivity index (χ1v) is 10.9. The van der Waals surface area contributed by atoms with Gasteiger partial charge in [0.25, 0.3) is 11.8 Å². The van der Waals surface area contributed by atoms with E-state index in [0.717, 1.165) is 48.5 Å². The van der Waals surface area contributed by atoms with E-state index in [4.69, 9.17) is 0 Å². The van der Waals surface area contributed by atoms with E-state index in [1.165, 1.54) is 11.3 Å². The highest BCUT2D eigenvalue weighted by Gasteiger charge is 2.24. The number of hydrogen-bond donors (Lipinski definition) is 2. The molecule has 1 aromatic heterocycles. The third-order valence-electron chi connectivity index (χ3n) is 5.37. The van der Waals surface area contributed by atoms with E-state index in [-0.39, 0.29) is 17.9 Å². The summed E-state index contributed by atoms with van der Waals surface area (Å²) in [5.74, 6) is 0.473. The molecule has 0 saturated carbocycles.